The molecule has 2 aromatic rings. The quantitative estimate of drug-likeness (QED) is 0.629. The molecule has 0 bridgehead atoms. The highest BCUT2D eigenvalue weighted by atomic mass is 32.1. The fourth-order valence-corrected chi connectivity index (χ4v) is 2.38. The van der Waals surface area contributed by atoms with E-state index in [1.165, 1.54) is 23.6 Å². The zero-order valence-electron chi connectivity index (χ0n) is 12.2. The number of carbonyl (C=O) groups excluding carboxylic acids is 1. The van der Waals surface area contributed by atoms with Gasteiger partial charge in [0, 0.05) is 19.7 Å². The lowest BCUT2D eigenvalue weighted by molar-refractivity contribution is -0.117. The van der Waals surface area contributed by atoms with Crippen molar-refractivity contribution in [3.8, 4) is 10.6 Å². The number of nitrogens with two attached hydrogens (primary N) is 1. The molecular formula is C15H19N5OS. The Hall–Kier alpha value is -2.54. The van der Waals surface area contributed by atoms with Gasteiger partial charge in [0.1, 0.15) is 10.0 Å². The fraction of sp³-hybridized carbons (Fsp3) is 0.200. The Labute approximate surface area is 134 Å². The van der Waals surface area contributed by atoms with Gasteiger partial charge >= 0.3 is 0 Å². The second kappa shape index (κ2) is 8.04. The van der Waals surface area contributed by atoms with Gasteiger partial charge in [0.05, 0.1) is 12.2 Å². The molecule has 0 aliphatic heterocycles. The van der Waals surface area contributed by atoms with Gasteiger partial charge in [-0.15, -0.1) is 10.2 Å². The van der Waals surface area contributed by atoms with Crippen molar-refractivity contribution >= 4 is 23.5 Å². The molecule has 2 rings (SSSR count). The van der Waals surface area contributed by atoms with E-state index in [0.717, 1.165) is 15.6 Å². The molecular weight excluding hydrogens is 298 g/mol. The standard InChI is InChI=1S/C15H17N5OS.H2/c1-2-17-9-8-12(16)14(21)18-10-13-19-20-15(22-13)11-6-4-3-5-7-11;/h3-9H,2,10,16H2,1H3,(H,18,21);1H/b12-8-,17-9?;. The SMILES string of the molecule is CCN=C/C=C(\N)C(=O)NCc1nnc(-c2ccccc2)s1.[HH]. The smallest absolute Gasteiger partial charge is 0.267 e. The first-order chi connectivity index (χ1) is 10.7. The number of rotatable bonds is 6. The van der Waals surface area contributed by atoms with Crippen molar-refractivity contribution in [2.75, 3.05) is 6.54 Å². The maximum absolute atomic E-state index is 11.8. The number of nitrogens with one attached hydrogen (secondary N) is 1. The predicted molar refractivity (Wildman–Crippen MR) is 90.6 cm³/mol. The van der Waals surface area contributed by atoms with E-state index in [-0.39, 0.29) is 13.0 Å². The summed E-state index contributed by atoms with van der Waals surface area (Å²) in [5.41, 5.74) is 6.77. The third-order valence-corrected chi connectivity index (χ3v) is 3.66. The molecule has 0 unspecified atom stereocenters. The van der Waals surface area contributed by atoms with Gasteiger partial charge in [-0.25, -0.2) is 0 Å². The van der Waals surface area contributed by atoms with Crippen LogP contribution in [0.5, 0.6) is 0 Å². The maximum atomic E-state index is 11.8. The number of nitrogens with zero attached hydrogens (tertiary/aromatic N) is 3. The normalized spacial score (nSPS) is 11.8. The number of amides is 1. The van der Waals surface area contributed by atoms with Crippen molar-refractivity contribution in [3.05, 3.63) is 47.1 Å². The number of aliphatic imine (C=N–C) groups is 1. The molecule has 0 aliphatic rings. The second-order valence-electron chi connectivity index (χ2n) is 4.32. The fourth-order valence-electron chi connectivity index (χ4n) is 1.59. The number of allylic oxidation sites excluding steroid dienone is 1. The molecule has 0 saturated heterocycles. The first-order valence-electron chi connectivity index (χ1n) is 6.82. The molecule has 0 saturated carbocycles. The molecule has 7 heteroatoms. The van der Waals surface area contributed by atoms with Gasteiger partial charge in [0.25, 0.3) is 5.91 Å². The molecule has 0 radical (unpaired) electrons. The Kier molecular flexibility index (Phi) is 5.79. The summed E-state index contributed by atoms with van der Waals surface area (Å²) in [5.74, 6) is -0.348. The van der Waals surface area contributed by atoms with E-state index in [9.17, 15) is 4.79 Å². The van der Waals surface area contributed by atoms with Crippen LogP contribution in [0.3, 0.4) is 0 Å². The number of benzene rings is 1. The van der Waals surface area contributed by atoms with E-state index >= 15 is 0 Å². The number of hydrogen-bond donors (Lipinski definition) is 2. The Morgan fingerprint density at radius 1 is 1.41 bits per heavy atom. The molecule has 3 N–H and O–H groups in total. The van der Waals surface area contributed by atoms with Gasteiger partial charge in [-0.2, -0.15) is 0 Å². The molecule has 6 nitrogen and oxygen atoms in total. The van der Waals surface area contributed by atoms with E-state index in [1.807, 2.05) is 37.3 Å². The van der Waals surface area contributed by atoms with Gasteiger partial charge in [0.2, 0.25) is 0 Å². The van der Waals surface area contributed by atoms with Crippen molar-refractivity contribution in [1.29, 1.82) is 0 Å². The van der Waals surface area contributed by atoms with Crippen LogP contribution in [0, 0.1) is 0 Å². The van der Waals surface area contributed by atoms with Crippen LogP contribution in [0.2, 0.25) is 0 Å². The molecule has 0 spiro atoms. The van der Waals surface area contributed by atoms with Crippen LogP contribution in [0.4, 0.5) is 0 Å². The van der Waals surface area contributed by atoms with Crippen molar-refractivity contribution in [3.63, 3.8) is 0 Å². The highest BCUT2D eigenvalue weighted by molar-refractivity contribution is 7.14. The number of hydrogen-bond acceptors (Lipinski definition) is 6. The van der Waals surface area contributed by atoms with Gasteiger partial charge in [0.15, 0.2) is 0 Å². The van der Waals surface area contributed by atoms with Crippen LogP contribution >= 0.6 is 11.3 Å². The van der Waals surface area contributed by atoms with Crippen molar-refractivity contribution in [2.45, 2.75) is 13.5 Å². The summed E-state index contributed by atoms with van der Waals surface area (Å²) >= 11 is 1.44. The monoisotopic (exact) mass is 317 g/mol. The summed E-state index contributed by atoms with van der Waals surface area (Å²) in [6.07, 6.45) is 3.00. The summed E-state index contributed by atoms with van der Waals surface area (Å²) in [4.78, 5) is 15.7. The summed E-state index contributed by atoms with van der Waals surface area (Å²) in [5, 5.41) is 12.4. The van der Waals surface area contributed by atoms with E-state index in [1.54, 1.807) is 0 Å². The van der Waals surface area contributed by atoms with Crippen LogP contribution in [-0.4, -0.2) is 28.9 Å². The van der Waals surface area contributed by atoms with Gasteiger partial charge in [-0.3, -0.25) is 9.79 Å². The van der Waals surface area contributed by atoms with Crippen molar-refractivity contribution in [2.24, 2.45) is 10.7 Å². The van der Waals surface area contributed by atoms with E-state index in [0.29, 0.717) is 13.1 Å². The molecule has 0 aliphatic carbocycles. The van der Waals surface area contributed by atoms with Crippen LogP contribution in [0.1, 0.15) is 13.4 Å². The summed E-state index contributed by atoms with van der Waals surface area (Å²) < 4.78 is 0. The average Bonchev–Trinajstić information content (AvgIpc) is 3.02. The molecule has 1 heterocycles. The summed E-state index contributed by atoms with van der Waals surface area (Å²) in [7, 11) is 0. The molecule has 0 fully saturated rings. The summed E-state index contributed by atoms with van der Waals surface area (Å²) in [6, 6.07) is 9.78. The molecule has 0 atom stereocenters. The highest BCUT2D eigenvalue weighted by Crippen LogP contribution is 2.22. The molecule has 1 aromatic carbocycles. The van der Waals surface area contributed by atoms with Crippen LogP contribution in [-0.2, 0) is 11.3 Å². The van der Waals surface area contributed by atoms with Crippen LogP contribution in [0.25, 0.3) is 10.6 Å². The first kappa shape index (κ1) is 15.8. The largest absolute Gasteiger partial charge is 0.394 e. The third kappa shape index (κ3) is 4.49. The maximum Gasteiger partial charge on any atom is 0.267 e. The summed E-state index contributed by atoms with van der Waals surface area (Å²) in [6.45, 7) is 2.85. The Morgan fingerprint density at radius 3 is 2.91 bits per heavy atom. The van der Waals surface area contributed by atoms with E-state index in [4.69, 9.17) is 5.73 Å². The van der Waals surface area contributed by atoms with Gasteiger partial charge < -0.3 is 11.1 Å². The van der Waals surface area contributed by atoms with Crippen molar-refractivity contribution in [1.82, 2.24) is 15.5 Å². The minimum Gasteiger partial charge on any atom is -0.394 e. The van der Waals surface area contributed by atoms with Crippen molar-refractivity contribution < 1.29 is 6.22 Å². The molecule has 116 valence electrons. The lowest BCUT2D eigenvalue weighted by Crippen LogP contribution is -2.28. The predicted octanol–water partition coefficient (Wildman–Crippen LogP) is 2.00. The van der Waals surface area contributed by atoms with Gasteiger partial charge in [-0.1, -0.05) is 41.7 Å². The lowest BCUT2D eigenvalue weighted by Gasteiger charge is -2.01. The molecule has 1 aromatic heterocycles. The van der Waals surface area contributed by atoms with E-state index in [2.05, 4.69) is 20.5 Å². The third-order valence-electron chi connectivity index (χ3n) is 2.69. The average molecular weight is 317 g/mol. The van der Waals surface area contributed by atoms with E-state index < -0.39 is 0 Å². The van der Waals surface area contributed by atoms with Gasteiger partial charge in [-0.05, 0) is 13.0 Å². The number of aromatic nitrogens is 2. The molecule has 22 heavy (non-hydrogen) atoms. The zero-order valence-corrected chi connectivity index (χ0v) is 13.0. The first-order valence-corrected chi connectivity index (χ1v) is 7.64. The Bertz CT molecular complexity index is 684. The van der Waals surface area contributed by atoms with Crippen LogP contribution < -0.4 is 11.1 Å². The number of carbonyl (C=O) groups is 1. The lowest BCUT2D eigenvalue weighted by atomic mass is 10.2. The second-order valence-corrected chi connectivity index (χ2v) is 5.38. The highest BCUT2D eigenvalue weighted by Gasteiger charge is 2.09. The van der Waals surface area contributed by atoms with Crippen LogP contribution in [0.15, 0.2) is 47.1 Å². The minimum absolute atomic E-state index is 0. The Balaban J connectivity index is 0.00000264. The zero-order chi connectivity index (χ0) is 15.8. The Morgan fingerprint density at radius 2 is 2.18 bits per heavy atom. The topological polar surface area (TPSA) is 93.3 Å². The molecule has 1 amide bonds. The minimum atomic E-state index is -0.348.